The van der Waals surface area contributed by atoms with E-state index in [9.17, 15) is 4.79 Å². The number of benzene rings is 1. The van der Waals surface area contributed by atoms with Crippen molar-refractivity contribution in [2.24, 2.45) is 10.3 Å². The van der Waals surface area contributed by atoms with Crippen LogP contribution < -0.4 is 0 Å². The SMILES string of the molecule is CCOC(=O)C1=NO[Se]2=C1C(c1ccc(Cl)cc1)=NO2. The van der Waals surface area contributed by atoms with E-state index < -0.39 is 20.1 Å². The van der Waals surface area contributed by atoms with Crippen molar-refractivity contribution < 1.29 is 17.4 Å². The Balaban J connectivity index is 1.94. The van der Waals surface area contributed by atoms with E-state index in [2.05, 4.69) is 10.3 Å². The van der Waals surface area contributed by atoms with E-state index in [-0.39, 0.29) is 12.3 Å². The summed E-state index contributed by atoms with van der Waals surface area (Å²) in [5.41, 5.74) is 1.48. The molecule has 3 rings (SSSR count). The van der Waals surface area contributed by atoms with Gasteiger partial charge in [0.1, 0.15) is 0 Å². The first-order chi connectivity index (χ1) is 9.70. The molecule has 104 valence electrons. The van der Waals surface area contributed by atoms with Gasteiger partial charge in [0.25, 0.3) is 0 Å². The van der Waals surface area contributed by atoms with E-state index in [1.165, 1.54) is 0 Å². The van der Waals surface area contributed by atoms with Gasteiger partial charge >= 0.3 is 124 Å². The van der Waals surface area contributed by atoms with Crippen molar-refractivity contribution in [2.45, 2.75) is 6.92 Å². The fourth-order valence-electron chi connectivity index (χ4n) is 1.70. The summed E-state index contributed by atoms with van der Waals surface area (Å²) in [7, 11) is 0. The minimum atomic E-state index is -2.10. The van der Waals surface area contributed by atoms with Crippen LogP contribution in [-0.2, 0) is 17.4 Å². The molecule has 0 spiro atoms. The zero-order valence-electron chi connectivity index (χ0n) is 10.3. The number of halogens is 1. The maximum atomic E-state index is 11.9. The van der Waals surface area contributed by atoms with E-state index in [1.54, 1.807) is 31.2 Å². The number of carbonyl (C=O) groups excluding carboxylic acids is 1. The van der Waals surface area contributed by atoms with E-state index >= 15 is 0 Å². The number of esters is 1. The van der Waals surface area contributed by atoms with Gasteiger partial charge in [0, 0.05) is 0 Å². The molecule has 0 saturated carbocycles. The molecule has 0 bridgehead atoms. The Morgan fingerprint density at radius 1 is 1.30 bits per heavy atom. The Labute approximate surface area is 124 Å². The van der Waals surface area contributed by atoms with Gasteiger partial charge in [-0.25, -0.2) is 0 Å². The van der Waals surface area contributed by atoms with Crippen molar-refractivity contribution in [3.05, 3.63) is 34.9 Å². The van der Waals surface area contributed by atoms with Crippen molar-refractivity contribution in [2.75, 3.05) is 6.61 Å². The van der Waals surface area contributed by atoms with Crippen LogP contribution in [0.25, 0.3) is 0 Å². The van der Waals surface area contributed by atoms with Gasteiger partial charge in [-0.15, -0.1) is 0 Å². The standard InChI is InChI=1S/C12H9ClN2O4Se/c1-2-17-12(16)10-11-9(14-18-20(11)19-15-10)7-3-5-8(13)6-4-7/h3-6H,2H2,1H3. The molecule has 20 heavy (non-hydrogen) atoms. The van der Waals surface area contributed by atoms with Crippen LogP contribution in [0.15, 0.2) is 34.6 Å². The Hall–Kier alpha value is -1.69. The molecule has 0 N–H and O–H groups in total. The average molecular weight is 360 g/mol. The van der Waals surface area contributed by atoms with Gasteiger partial charge in [0.15, 0.2) is 0 Å². The quantitative estimate of drug-likeness (QED) is 0.602. The summed E-state index contributed by atoms with van der Waals surface area (Å²) in [6.45, 7) is 2.00. The Morgan fingerprint density at radius 3 is 2.70 bits per heavy atom. The summed E-state index contributed by atoms with van der Waals surface area (Å²) in [6, 6.07) is 7.08. The molecule has 1 aromatic rings. The van der Waals surface area contributed by atoms with Gasteiger partial charge in [0.2, 0.25) is 0 Å². The average Bonchev–Trinajstić information content (AvgIpc) is 3.01. The van der Waals surface area contributed by atoms with Crippen molar-refractivity contribution in [3.8, 4) is 0 Å². The molecule has 1 unspecified atom stereocenters. The van der Waals surface area contributed by atoms with E-state index in [4.69, 9.17) is 24.2 Å². The summed E-state index contributed by atoms with van der Waals surface area (Å²) in [4.78, 5) is 11.9. The van der Waals surface area contributed by atoms with Gasteiger partial charge in [-0.1, -0.05) is 0 Å². The van der Waals surface area contributed by atoms with Crippen LogP contribution >= 0.6 is 11.6 Å². The van der Waals surface area contributed by atoms with Crippen LogP contribution in [0.5, 0.6) is 0 Å². The molecule has 2 aliphatic rings. The van der Waals surface area contributed by atoms with Crippen molar-refractivity contribution in [1.29, 1.82) is 0 Å². The summed E-state index contributed by atoms with van der Waals surface area (Å²) in [6.07, 6.45) is 0. The molecular formula is C12H9ClN2O4Se. The summed E-state index contributed by atoms with van der Waals surface area (Å²) in [5, 5.41) is 8.37. The van der Waals surface area contributed by atoms with Crippen LogP contribution in [0.3, 0.4) is 0 Å². The first-order valence-corrected chi connectivity index (χ1v) is 8.40. The number of hydrogen-bond donors (Lipinski definition) is 0. The second kappa shape index (κ2) is 5.36. The number of ether oxygens (including phenoxy) is 1. The normalized spacial score (nSPS) is 19.7. The second-order valence-electron chi connectivity index (χ2n) is 3.82. The third-order valence-corrected chi connectivity index (χ3v) is 5.22. The van der Waals surface area contributed by atoms with Crippen molar-refractivity contribution >= 4 is 47.5 Å². The van der Waals surface area contributed by atoms with E-state index in [0.717, 1.165) is 5.56 Å². The molecule has 6 nitrogen and oxygen atoms in total. The molecule has 1 atom stereocenters. The van der Waals surface area contributed by atoms with Crippen LogP contribution in [0, 0.1) is 0 Å². The number of oxime groups is 2. The van der Waals surface area contributed by atoms with Gasteiger partial charge in [-0.2, -0.15) is 0 Å². The number of nitrogens with zero attached hydrogens (tertiary/aromatic N) is 2. The van der Waals surface area contributed by atoms with E-state index in [0.29, 0.717) is 15.2 Å². The predicted molar refractivity (Wildman–Crippen MR) is 75.0 cm³/mol. The van der Waals surface area contributed by atoms with E-state index in [1.807, 2.05) is 0 Å². The topological polar surface area (TPSA) is 69.5 Å². The van der Waals surface area contributed by atoms with Crippen LogP contribution in [0.2, 0.25) is 5.02 Å². The monoisotopic (exact) mass is 360 g/mol. The van der Waals surface area contributed by atoms with Crippen molar-refractivity contribution in [3.63, 3.8) is 0 Å². The molecular weight excluding hydrogens is 351 g/mol. The molecule has 0 amide bonds. The van der Waals surface area contributed by atoms with Gasteiger partial charge < -0.3 is 0 Å². The molecule has 0 saturated heterocycles. The number of rotatable bonds is 3. The van der Waals surface area contributed by atoms with Gasteiger partial charge in [-0.05, 0) is 0 Å². The number of carbonyl (C=O) groups is 1. The Kier molecular flexibility index (Phi) is 3.56. The maximum absolute atomic E-state index is 11.9. The summed E-state index contributed by atoms with van der Waals surface area (Å²) >= 11 is 3.76. The zero-order chi connectivity index (χ0) is 14.1. The molecule has 0 aliphatic carbocycles. The summed E-state index contributed by atoms with van der Waals surface area (Å²) < 4.78 is 15.9. The number of hydrogen-bond acceptors (Lipinski definition) is 6. The molecule has 0 radical (unpaired) electrons. The fraction of sp³-hybridized carbons (Fsp3) is 0.167. The van der Waals surface area contributed by atoms with Crippen LogP contribution in [-0.4, -0.2) is 42.5 Å². The molecule has 0 fully saturated rings. The van der Waals surface area contributed by atoms with Gasteiger partial charge in [0.05, 0.1) is 0 Å². The molecule has 1 aromatic carbocycles. The Bertz CT molecular complexity index is 667. The first-order valence-electron chi connectivity index (χ1n) is 5.76. The van der Waals surface area contributed by atoms with Crippen LogP contribution in [0.4, 0.5) is 0 Å². The molecule has 2 heterocycles. The first kappa shape index (κ1) is 13.3. The molecule has 0 aromatic heterocycles. The Morgan fingerprint density at radius 2 is 2.00 bits per heavy atom. The fourth-order valence-corrected chi connectivity index (χ4v) is 4.04. The minimum absolute atomic E-state index is 0.142. The molecule has 2 aliphatic heterocycles. The van der Waals surface area contributed by atoms with Gasteiger partial charge in [-0.3, -0.25) is 0 Å². The molecule has 8 heteroatoms. The zero-order valence-corrected chi connectivity index (χ0v) is 12.8. The third-order valence-electron chi connectivity index (χ3n) is 2.58. The van der Waals surface area contributed by atoms with Crippen molar-refractivity contribution in [1.82, 2.24) is 0 Å². The van der Waals surface area contributed by atoms with Crippen LogP contribution in [0.1, 0.15) is 12.5 Å². The summed E-state index contributed by atoms with van der Waals surface area (Å²) in [5.74, 6) is -0.527. The predicted octanol–water partition coefficient (Wildman–Crippen LogP) is 1.27. The second-order valence-corrected chi connectivity index (χ2v) is 6.72. The third kappa shape index (κ3) is 2.24.